The molecule has 1 unspecified atom stereocenters. The Morgan fingerprint density at radius 1 is 1.43 bits per heavy atom. The van der Waals surface area contributed by atoms with Gasteiger partial charge in [0.25, 0.3) is 5.88 Å². The van der Waals surface area contributed by atoms with Gasteiger partial charge in [-0.2, -0.15) is 0 Å². The highest BCUT2D eigenvalue weighted by Crippen LogP contribution is 2.19. The summed E-state index contributed by atoms with van der Waals surface area (Å²) in [6.45, 7) is 3.87. The van der Waals surface area contributed by atoms with Crippen LogP contribution in [0.1, 0.15) is 32.0 Å². The molecule has 21 heavy (non-hydrogen) atoms. The highest BCUT2D eigenvalue weighted by Gasteiger charge is 2.25. The molecule has 116 valence electrons. The van der Waals surface area contributed by atoms with E-state index in [1.54, 1.807) is 0 Å². The van der Waals surface area contributed by atoms with Crippen molar-refractivity contribution in [1.29, 1.82) is 0 Å². The zero-order valence-corrected chi connectivity index (χ0v) is 12.7. The summed E-state index contributed by atoms with van der Waals surface area (Å²) in [6, 6.07) is -0.773. The third-order valence-electron chi connectivity index (χ3n) is 2.94. The molecule has 0 spiro atoms. The Morgan fingerprint density at radius 2 is 2.10 bits per heavy atom. The van der Waals surface area contributed by atoms with Gasteiger partial charge in [0, 0.05) is 12.6 Å². The van der Waals surface area contributed by atoms with Gasteiger partial charge in [-0.3, -0.25) is 9.36 Å². The van der Waals surface area contributed by atoms with Crippen LogP contribution in [0.15, 0.2) is 11.0 Å². The van der Waals surface area contributed by atoms with E-state index in [4.69, 9.17) is 9.47 Å². The predicted molar refractivity (Wildman–Crippen MR) is 75.3 cm³/mol. The normalized spacial score (nSPS) is 12.0. The minimum atomic E-state index is -0.773. The predicted octanol–water partition coefficient (Wildman–Crippen LogP) is 0.753. The van der Waals surface area contributed by atoms with Crippen molar-refractivity contribution in [2.75, 3.05) is 14.2 Å². The fraction of sp³-hybridized carbons (Fsp3) is 0.571. The van der Waals surface area contributed by atoms with Gasteiger partial charge in [0.2, 0.25) is 0 Å². The van der Waals surface area contributed by atoms with Crippen LogP contribution in [0.4, 0.5) is 0 Å². The van der Waals surface area contributed by atoms with Crippen molar-refractivity contribution >= 4 is 12.3 Å². The highest BCUT2D eigenvalue weighted by atomic mass is 16.5. The van der Waals surface area contributed by atoms with Crippen molar-refractivity contribution in [2.45, 2.75) is 32.7 Å². The molecule has 1 rings (SSSR count). The van der Waals surface area contributed by atoms with E-state index in [0.29, 0.717) is 18.4 Å². The molecular weight excluding hydrogens is 276 g/mol. The summed E-state index contributed by atoms with van der Waals surface area (Å²) in [5.74, 6) is -0.488. The van der Waals surface area contributed by atoms with Gasteiger partial charge in [0.1, 0.15) is 12.3 Å². The molecule has 0 aliphatic heterocycles. The molecule has 0 amide bonds. The molecule has 0 radical (unpaired) electrons. The van der Waals surface area contributed by atoms with Crippen LogP contribution in [0.25, 0.3) is 0 Å². The SMILES string of the molecule is COC(=O)C(CC(C)C)n1cc(CC=O)nc(OC)c1=O. The van der Waals surface area contributed by atoms with Crippen molar-refractivity contribution in [3.05, 3.63) is 22.2 Å². The number of methoxy groups -OCH3 is 2. The summed E-state index contributed by atoms with van der Waals surface area (Å²) in [5.41, 5.74) is -0.165. The number of aromatic nitrogens is 2. The van der Waals surface area contributed by atoms with E-state index in [0.717, 1.165) is 0 Å². The summed E-state index contributed by atoms with van der Waals surface area (Å²) in [7, 11) is 2.58. The maximum atomic E-state index is 12.3. The molecule has 0 aromatic carbocycles. The van der Waals surface area contributed by atoms with Crippen molar-refractivity contribution in [3.63, 3.8) is 0 Å². The smallest absolute Gasteiger partial charge is 0.328 e. The second kappa shape index (κ2) is 7.56. The fourth-order valence-corrected chi connectivity index (χ4v) is 1.99. The van der Waals surface area contributed by atoms with Gasteiger partial charge in [-0.25, -0.2) is 9.78 Å². The largest absolute Gasteiger partial charge is 0.477 e. The molecule has 0 N–H and O–H groups in total. The lowest BCUT2D eigenvalue weighted by Crippen LogP contribution is -2.33. The molecule has 7 nitrogen and oxygen atoms in total. The third-order valence-corrected chi connectivity index (χ3v) is 2.94. The topological polar surface area (TPSA) is 87.5 Å². The quantitative estimate of drug-likeness (QED) is 0.545. The van der Waals surface area contributed by atoms with Crippen molar-refractivity contribution in [3.8, 4) is 5.88 Å². The van der Waals surface area contributed by atoms with Crippen LogP contribution >= 0.6 is 0 Å². The maximum Gasteiger partial charge on any atom is 0.328 e. The summed E-state index contributed by atoms with van der Waals surface area (Å²) in [4.78, 5) is 38.8. The molecular formula is C14H20N2O5. The van der Waals surface area contributed by atoms with E-state index >= 15 is 0 Å². The molecule has 1 atom stereocenters. The van der Waals surface area contributed by atoms with Crippen molar-refractivity contribution in [1.82, 2.24) is 9.55 Å². The Labute approximate surface area is 122 Å². The molecule has 0 aliphatic rings. The number of carbonyl (C=O) groups excluding carboxylic acids is 2. The van der Waals surface area contributed by atoms with Crippen LogP contribution in [0.3, 0.4) is 0 Å². The fourth-order valence-electron chi connectivity index (χ4n) is 1.99. The molecule has 0 fully saturated rings. The first-order chi connectivity index (χ1) is 9.94. The number of ether oxygens (including phenoxy) is 2. The van der Waals surface area contributed by atoms with Gasteiger partial charge in [-0.15, -0.1) is 0 Å². The van der Waals surface area contributed by atoms with Gasteiger partial charge >= 0.3 is 11.5 Å². The maximum absolute atomic E-state index is 12.3. The Morgan fingerprint density at radius 3 is 2.57 bits per heavy atom. The van der Waals surface area contributed by atoms with Gasteiger partial charge in [0.15, 0.2) is 0 Å². The number of rotatable bonds is 7. The van der Waals surface area contributed by atoms with Crippen LogP contribution in [0, 0.1) is 5.92 Å². The average Bonchev–Trinajstić information content (AvgIpc) is 2.45. The minimum Gasteiger partial charge on any atom is -0.477 e. The zero-order valence-electron chi connectivity index (χ0n) is 12.7. The molecule has 1 aromatic rings. The van der Waals surface area contributed by atoms with Crippen LogP contribution in [0.2, 0.25) is 0 Å². The lowest BCUT2D eigenvalue weighted by Gasteiger charge is -2.20. The van der Waals surface area contributed by atoms with Crippen molar-refractivity contribution < 1.29 is 19.1 Å². The van der Waals surface area contributed by atoms with E-state index in [1.165, 1.54) is 25.0 Å². The molecule has 0 bridgehead atoms. The van der Waals surface area contributed by atoms with Crippen LogP contribution < -0.4 is 10.3 Å². The van der Waals surface area contributed by atoms with Gasteiger partial charge < -0.3 is 14.3 Å². The molecule has 0 aliphatic carbocycles. The molecule has 1 heterocycles. The lowest BCUT2D eigenvalue weighted by atomic mass is 10.0. The number of nitrogens with zero attached hydrogens (tertiary/aromatic N) is 2. The number of hydrogen-bond donors (Lipinski definition) is 0. The lowest BCUT2D eigenvalue weighted by molar-refractivity contribution is -0.145. The number of esters is 1. The van der Waals surface area contributed by atoms with Crippen LogP contribution in [0.5, 0.6) is 5.88 Å². The van der Waals surface area contributed by atoms with E-state index in [1.807, 2.05) is 13.8 Å². The Kier molecular flexibility index (Phi) is 6.08. The Balaban J connectivity index is 3.40. The Bertz CT molecular complexity index is 565. The average molecular weight is 296 g/mol. The number of hydrogen-bond acceptors (Lipinski definition) is 6. The van der Waals surface area contributed by atoms with E-state index in [2.05, 4.69) is 4.98 Å². The van der Waals surface area contributed by atoms with Crippen molar-refractivity contribution in [2.24, 2.45) is 5.92 Å². The second-order valence-corrected chi connectivity index (χ2v) is 4.99. The summed E-state index contributed by atoms with van der Waals surface area (Å²) < 4.78 is 10.9. The van der Waals surface area contributed by atoms with E-state index in [-0.39, 0.29) is 18.2 Å². The highest BCUT2D eigenvalue weighted by molar-refractivity contribution is 5.74. The summed E-state index contributed by atoms with van der Waals surface area (Å²) >= 11 is 0. The first-order valence-electron chi connectivity index (χ1n) is 6.62. The first-order valence-corrected chi connectivity index (χ1v) is 6.62. The minimum absolute atomic E-state index is 0.0339. The molecule has 7 heteroatoms. The van der Waals surface area contributed by atoms with Crippen LogP contribution in [-0.4, -0.2) is 36.0 Å². The van der Waals surface area contributed by atoms with Gasteiger partial charge in [-0.1, -0.05) is 13.8 Å². The van der Waals surface area contributed by atoms with E-state index < -0.39 is 17.6 Å². The molecule has 1 aromatic heterocycles. The summed E-state index contributed by atoms with van der Waals surface area (Å²) in [5, 5.41) is 0. The van der Waals surface area contributed by atoms with Crippen LogP contribution in [-0.2, 0) is 20.7 Å². The monoisotopic (exact) mass is 296 g/mol. The zero-order chi connectivity index (χ0) is 16.0. The second-order valence-electron chi connectivity index (χ2n) is 4.99. The number of carbonyl (C=O) groups is 2. The molecule has 0 saturated carbocycles. The Hall–Kier alpha value is -2.18. The standard InChI is InChI=1S/C14H20N2O5/c1-9(2)7-11(14(19)21-4)16-8-10(5-6-17)15-12(20-3)13(16)18/h6,8-9,11H,5,7H2,1-4H3. The van der Waals surface area contributed by atoms with E-state index in [9.17, 15) is 14.4 Å². The van der Waals surface area contributed by atoms with Gasteiger partial charge in [0.05, 0.1) is 19.9 Å². The first kappa shape index (κ1) is 16.9. The van der Waals surface area contributed by atoms with Gasteiger partial charge in [-0.05, 0) is 12.3 Å². The summed E-state index contributed by atoms with van der Waals surface area (Å²) in [6.07, 6.45) is 2.54. The third kappa shape index (κ3) is 4.14. The number of aldehydes is 1. The molecule has 0 saturated heterocycles.